The van der Waals surface area contributed by atoms with Gasteiger partial charge in [0.05, 0.1) is 25.7 Å². The van der Waals surface area contributed by atoms with Gasteiger partial charge in [-0.25, -0.2) is 4.79 Å². The number of primary amides is 1. The van der Waals surface area contributed by atoms with Crippen LogP contribution in [0.25, 0.3) is 0 Å². The minimum Gasteiger partial charge on any atom is -0.480 e. The molecule has 4 unspecified atom stereocenters. The van der Waals surface area contributed by atoms with Gasteiger partial charge in [-0.15, -0.1) is 0 Å². The molecule has 13 nitrogen and oxygen atoms in total. The molecule has 0 aliphatic rings. The minimum absolute atomic E-state index is 0.472. The summed E-state index contributed by atoms with van der Waals surface area (Å²) in [6.07, 6.45) is -0.472. The Morgan fingerprint density at radius 1 is 0.857 bits per heavy atom. The number of aliphatic carboxylic acids is 1. The summed E-state index contributed by atoms with van der Waals surface area (Å²) in [5.74, 6) is -5.52. The number of rotatable bonds is 12. The third-order valence-corrected chi connectivity index (χ3v) is 3.62. The molecule has 13 heteroatoms. The van der Waals surface area contributed by atoms with Crippen molar-refractivity contribution in [2.75, 3.05) is 13.2 Å². The van der Waals surface area contributed by atoms with Gasteiger partial charge in [-0.3, -0.25) is 19.2 Å². The second kappa shape index (κ2) is 11.8. The van der Waals surface area contributed by atoms with Crippen molar-refractivity contribution in [1.29, 1.82) is 0 Å². The van der Waals surface area contributed by atoms with Gasteiger partial charge in [0.1, 0.15) is 18.1 Å². The van der Waals surface area contributed by atoms with E-state index in [1.807, 2.05) is 0 Å². The van der Waals surface area contributed by atoms with E-state index in [0.29, 0.717) is 0 Å². The molecule has 4 atom stereocenters. The molecule has 4 amide bonds. The third-order valence-electron chi connectivity index (χ3n) is 3.62. The van der Waals surface area contributed by atoms with E-state index < -0.39 is 79.3 Å². The van der Waals surface area contributed by atoms with E-state index in [4.69, 9.17) is 21.7 Å². The number of nitrogens with one attached hydrogen (secondary N) is 3. The molecule has 0 saturated carbocycles. The number of carboxylic acids is 1. The molecule has 0 aromatic rings. The largest absolute Gasteiger partial charge is 0.480 e. The molecule has 0 saturated heterocycles. The van der Waals surface area contributed by atoms with Gasteiger partial charge < -0.3 is 42.7 Å². The highest BCUT2D eigenvalue weighted by atomic mass is 16.4. The normalized spacial score (nSPS) is 15.1. The van der Waals surface area contributed by atoms with Crippen molar-refractivity contribution in [3.8, 4) is 0 Å². The number of aliphatic hydroxyl groups excluding tert-OH is 2. The molecule has 0 spiro atoms. The van der Waals surface area contributed by atoms with E-state index in [2.05, 4.69) is 16.0 Å². The number of amides is 4. The fraction of sp³-hybridized carbons (Fsp3) is 0.667. The molecule has 0 radical (unpaired) electrons. The lowest BCUT2D eigenvalue weighted by atomic mass is 10.0. The number of hydrogen-bond donors (Lipinski definition) is 8. The maximum absolute atomic E-state index is 12.3. The molecule has 0 bridgehead atoms. The molecule has 0 fully saturated rings. The van der Waals surface area contributed by atoms with Gasteiger partial charge >= 0.3 is 5.97 Å². The average molecular weight is 405 g/mol. The number of carbonyl (C=O) groups excluding carboxylic acids is 4. The van der Waals surface area contributed by atoms with Crippen molar-refractivity contribution in [2.24, 2.45) is 17.4 Å². The quantitative estimate of drug-likeness (QED) is 0.156. The highest BCUT2D eigenvalue weighted by Crippen LogP contribution is 2.04. The van der Waals surface area contributed by atoms with Gasteiger partial charge in [0, 0.05) is 0 Å². The van der Waals surface area contributed by atoms with Crippen LogP contribution in [0.5, 0.6) is 0 Å². The Balaban J connectivity index is 5.09. The zero-order valence-electron chi connectivity index (χ0n) is 15.5. The summed E-state index contributed by atoms with van der Waals surface area (Å²) in [6, 6.07) is -5.59. The molecule has 0 heterocycles. The topological polar surface area (TPSA) is 234 Å². The second-order valence-electron chi connectivity index (χ2n) is 6.33. The van der Waals surface area contributed by atoms with Crippen LogP contribution in [0.1, 0.15) is 20.3 Å². The Bertz CT molecular complexity index is 597. The Morgan fingerprint density at radius 3 is 1.75 bits per heavy atom. The summed E-state index contributed by atoms with van der Waals surface area (Å²) in [5, 5.41) is 33.7. The van der Waals surface area contributed by atoms with E-state index in [-0.39, 0.29) is 0 Å². The summed E-state index contributed by atoms with van der Waals surface area (Å²) in [4.78, 5) is 58.1. The van der Waals surface area contributed by atoms with Crippen LogP contribution >= 0.6 is 0 Å². The highest BCUT2D eigenvalue weighted by Gasteiger charge is 2.31. The van der Waals surface area contributed by atoms with Crippen LogP contribution in [0, 0.1) is 5.92 Å². The molecule has 0 aromatic carbocycles. The minimum atomic E-state index is -1.56. The van der Waals surface area contributed by atoms with Gasteiger partial charge in [-0.1, -0.05) is 13.8 Å². The SMILES string of the molecule is CC(C)C(NC(=O)C(CO)NC(=O)C(N)CC(N)=O)C(=O)NC(CO)C(=O)O. The Hall–Kier alpha value is -2.77. The smallest absolute Gasteiger partial charge is 0.328 e. The number of nitrogens with two attached hydrogens (primary N) is 2. The van der Waals surface area contributed by atoms with Gasteiger partial charge in [-0.2, -0.15) is 0 Å². The number of carbonyl (C=O) groups is 5. The maximum atomic E-state index is 12.3. The predicted octanol–water partition coefficient (Wildman–Crippen LogP) is -4.63. The monoisotopic (exact) mass is 405 g/mol. The summed E-state index contributed by atoms with van der Waals surface area (Å²) in [6.45, 7) is 1.44. The molecule has 0 aliphatic carbocycles. The van der Waals surface area contributed by atoms with Crippen LogP contribution in [-0.4, -0.2) is 82.3 Å². The first kappa shape index (κ1) is 25.2. The fourth-order valence-electron chi connectivity index (χ4n) is 2.02. The van der Waals surface area contributed by atoms with Crippen LogP contribution < -0.4 is 27.4 Å². The molecule has 0 aromatic heterocycles. The van der Waals surface area contributed by atoms with Crippen LogP contribution in [0.2, 0.25) is 0 Å². The summed E-state index contributed by atoms with van der Waals surface area (Å²) < 4.78 is 0. The molecule has 0 rings (SSSR count). The summed E-state index contributed by atoms with van der Waals surface area (Å²) in [7, 11) is 0. The van der Waals surface area contributed by atoms with Crippen molar-refractivity contribution in [3.63, 3.8) is 0 Å². The van der Waals surface area contributed by atoms with Crippen LogP contribution in [0.4, 0.5) is 0 Å². The standard InChI is InChI=1S/C15H27N5O8/c1-6(2)11(14(26)19-9(5-22)15(27)28)20-13(25)8(4-21)18-12(24)7(16)3-10(17)23/h6-9,11,21-22H,3-5,16H2,1-2H3,(H2,17,23)(H,18,24)(H,19,26)(H,20,25)(H,27,28). The van der Waals surface area contributed by atoms with E-state index in [9.17, 15) is 29.1 Å². The third kappa shape index (κ3) is 8.28. The zero-order valence-corrected chi connectivity index (χ0v) is 15.5. The van der Waals surface area contributed by atoms with Crippen LogP contribution in [0.15, 0.2) is 0 Å². The Labute approximate surface area is 160 Å². The van der Waals surface area contributed by atoms with Crippen molar-refractivity contribution >= 4 is 29.6 Å². The first-order chi connectivity index (χ1) is 12.9. The first-order valence-corrected chi connectivity index (χ1v) is 8.34. The molecule has 28 heavy (non-hydrogen) atoms. The van der Waals surface area contributed by atoms with E-state index in [1.165, 1.54) is 0 Å². The maximum Gasteiger partial charge on any atom is 0.328 e. The average Bonchev–Trinajstić information content (AvgIpc) is 2.60. The summed E-state index contributed by atoms with van der Waals surface area (Å²) >= 11 is 0. The van der Waals surface area contributed by atoms with E-state index >= 15 is 0 Å². The van der Waals surface area contributed by atoms with E-state index in [1.54, 1.807) is 13.8 Å². The lowest BCUT2D eigenvalue weighted by Crippen LogP contribution is -2.59. The molecule has 160 valence electrons. The van der Waals surface area contributed by atoms with Gasteiger partial charge in [0.15, 0.2) is 0 Å². The van der Waals surface area contributed by atoms with Crippen molar-refractivity contribution in [3.05, 3.63) is 0 Å². The molecule has 10 N–H and O–H groups in total. The van der Waals surface area contributed by atoms with Gasteiger partial charge in [-0.05, 0) is 5.92 Å². The van der Waals surface area contributed by atoms with Crippen LogP contribution in [0.3, 0.4) is 0 Å². The van der Waals surface area contributed by atoms with Gasteiger partial charge in [0.25, 0.3) is 0 Å². The second-order valence-corrected chi connectivity index (χ2v) is 6.33. The predicted molar refractivity (Wildman–Crippen MR) is 94.2 cm³/mol. The van der Waals surface area contributed by atoms with Crippen molar-refractivity contribution < 1.29 is 39.3 Å². The lowest BCUT2D eigenvalue weighted by Gasteiger charge is -2.26. The number of carboxylic acid groups (broad SMARTS) is 1. The lowest BCUT2D eigenvalue weighted by molar-refractivity contribution is -0.143. The summed E-state index contributed by atoms with van der Waals surface area (Å²) in [5.41, 5.74) is 10.4. The molecular formula is C15H27N5O8. The number of hydrogen-bond acceptors (Lipinski definition) is 8. The number of aliphatic hydroxyl groups is 2. The van der Waals surface area contributed by atoms with Gasteiger partial charge in [0.2, 0.25) is 23.6 Å². The highest BCUT2D eigenvalue weighted by molar-refractivity contribution is 5.95. The van der Waals surface area contributed by atoms with Crippen molar-refractivity contribution in [1.82, 2.24) is 16.0 Å². The molecule has 0 aliphatic heterocycles. The zero-order chi connectivity index (χ0) is 22.0. The Morgan fingerprint density at radius 2 is 1.36 bits per heavy atom. The van der Waals surface area contributed by atoms with E-state index in [0.717, 1.165) is 0 Å². The van der Waals surface area contributed by atoms with Crippen LogP contribution in [-0.2, 0) is 24.0 Å². The molecular weight excluding hydrogens is 378 g/mol. The Kier molecular flexibility index (Phi) is 10.7. The van der Waals surface area contributed by atoms with Crippen molar-refractivity contribution in [2.45, 2.75) is 44.4 Å². The first-order valence-electron chi connectivity index (χ1n) is 8.34. The fourth-order valence-corrected chi connectivity index (χ4v) is 2.02.